The van der Waals surface area contributed by atoms with Gasteiger partial charge in [-0.3, -0.25) is 0 Å². The fourth-order valence-electron chi connectivity index (χ4n) is 2.68. The van der Waals surface area contributed by atoms with Gasteiger partial charge >= 0.3 is 6.03 Å². The molecule has 0 bridgehead atoms. The standard InChI is InChI=1S/C13H23N3OS/c1-9-5-7-13(8-6-9,11(14)18)16-12(17)15-10-3-2-4-10/h9-10H,2-8H2,1H3,(H2,14,18)(H2,15,16,17). The first kappa shape index (κ1) is 13.6. The number of hydrogen-bond donors (Lipinski definition) is 3. The lowest BCUT2D eigenvalue weighted by molar-refractivity contribution is 0.207. The van der Waals surface area contributed by atoms with E-state index in [1.54, 1.807) is 0 Å². The van der Waals surface area contributed by atoms with Crippen LogP contribution in [0, 0.1) is 5.92 Å². The normalized spacial score (nSPS) is 32.4. The molecule has 2 rings (SSSR count). The molecule has 0 saturated heterocycles. The minimum Gasteiger partial charge on any atom is -0.391 e. The Labute approximate surface area is 114 Å². The lowest BCUT2D eigenvalue weighted by Crippen LogP contribution is -2.61. The van der Waals surface area contributed by atoms with Crippen LogP contribution in [0.5, 0.6) is 0 Å². The van der Waals surface area contributed by atoms with Crippen LogP contribution in [0.3, 0.4) is 0 Å². The number of carbonyl (C=O) groups excluding carboxylic acids is 1. The fourth-order valence-corrected chi connectivity index (χ4v) is 2.93. The van der Waals surface area contributed by atoms with E-state index in [2.05, 4.69) is 17.6 Å². The first-order chi connectivity index (χ1) is 8.52. The molecule has 0 heterocycles. The Hall–Kier alpha value is -0.840. The summed E-state index contributed by atoms with van der Waals surface area (Å²) < 4.78 is 0. The lowest BCUT2D eigenvalue weighted by atomic mass is 9.77. The molecule has 0 unspecified atom stereocenters. The summed E-state index contributed by atoms with van der Waals surface area (Å²) in [6.45, 7) is 2.23. The van der Waals surface area contributed by atoms with Crippen molar-refractivity contribution in [3.8, 4) is 0 Å². The van der Waals surface area contributed by atoms with Crippen LogP contribution < -0.4 is 16.4 Å². The molecule has 4 nitrogen and oxygen atoms in total. The number of hydrogen-bond acceptors (Lipinski definition) is 2. The third-order valence-electron chi connectivity index (χ3n) is 4.39. The van der Waals surface area contributed by atoms with Crippen LogP contribution in [0.25, 0.3) is 0 Å². The zero-order chi connectivity index (χ0) is 13.2. The zero-order valence-corrected chi connectivity index (χ0v) is 11.8. The number of nitrogens with two attached hydrogens (primary N) is 1. The molecule has 2 fully saturated rings. The Morgan fingerprint density at radius 2 is 1.89 bits per heavy atom. The smallest absolute Gasteiger partial charge is 0.315 e. The molecule has 2 amide bonds. The van der Waals surface area contributed by atoms with Gasteiger partial charge in [0.05, 0.1) is 10.5 Å². The molecule has 0 atom stereocenters. The van der Waals surface area contributed by atoms with E-state index in [1.165, 1.54) is 6.42 Å². The highest BCUT2D eigenvalue weighted by Crippen LogP contribution is 2.32. The summed E-state index contributed by atoms with van der Waals surface area (Å²) in [6, 6.07) is 0.234. The maximum Gasteiger partial charge on any atom is 0.315 e. The summed E-state index contributed by atoms with van der Waals surface area (Å²) in [5.74, 6) is 0.698. The van der Waals surface area contributed by atoms with Gasteiger partial charge in [-0.2, -0.15) is 0 Å². The Morgan fingerprint density at radius 1 is 1.28 bits per heavy atom. The van der Waals surface area contributed by atoms with Crippen LogP contribution in [0.1, 0.15) is 51.9 Å². The van der Waals surface area contributed by atoms with E-state index in [9.17, 15) is 4.79 Å². The molecule has 2 aliphatic carbocycles. The van der Waals surface area contributed by atoms with Gasteiger partial charge in [-0.1, -0.05) is 19.1 Å². The van der Waals surface area contributed by atoms with Gasteiger partial charge in [0.2, 0.25) is 0 Å². The molecule has 0 aliphatic heterocycles. The van der Waals surface area contributed by atoms with Crippen molar-refractivity contribution in [1.29, 1.82) is 0 Å². The molecule has 0 aromatic carbocycles. The second-order valence-electron chi connectivity index (χ2n) is 5.86. The maximum absolute atomic E-state index is 12.0. The summed E-state index contributed by atoms with van der Waals surface area (Å²) in [4.78, 5) is 12.4. The molecular formula is C13H23N3OS. The third kappa shape index (κ3) is 2.94. The van der Waals surface area contributed by atoms with Crippen LogP contribution in [0.2, 0.25) is 0 Å². The van der Waals surface area contributed by atoms with Gasteiger partial charge in [-0.25, -0.2) is 4.79 Å². The Morgan fingerprint density at radius 3 is 2.33 bits per heavy atom. The SMILES string of the molecule is CC1CCC(NC(=O)NC2CCC2)(C(N)=S)CC1. The monoisotopic (exact) mass is 269 g/mol. The van der Waals surface area contributed by atoms with E-state index in [0.717, 1.165) is 38.5 Å². The second kappa shape index (κ2) is 5.43. The quantitative estimate of drug-likeness (QED) is 0.687. The second-order valence-corrected chi connectivity index (χ2v) is 6.29. The summed E-state index contributed by atoms with van der Waals surface area (Å²) in [5.41, 5.74) is 5.40. The largest absolute Gasteiger partial charge is 0.391 e. The molecule has 18 heavy (non-hydrogen) atoms. The van der Waals surface area contributed by atoms with E-state index in [4.69, 9.17) is 18.0 Å². The Kier molecular flexibility index (Phi) is 4.10. The molecule has 102 valence electrons. The van der Waals surface area contributed by atoms with Gasteiger partial charge in [0, 0.05) is 6.04 Å². The van der Waals surface area contributed by atoms with Crippen molar-refractivity contribution in [2.75, 3.05) is 0 Å². The minimum absolute atomic E-state index is 0.109. The average molecular weight is 269 g/mol. The summed E-state index contributed by atoms with van der Waals surface area (Å²) in [5, 5.41) is 6.02. The van der Waals surface area contributed by atoms with E-state index in [0.29, 0.717) is 16.9 Å². The number of thiocarbonyl (C=S) groups is 1. The first-order valence-corrected chi connectivity index (χ1v) is 7.31. The van der Waals surface area contributed by atoms with Crippen molar-refractivity contribution in [2.24, 2.45) is 11.7 Å². The number of nitrogens with one attached hydrogen (secondary N) is 2. The summed E-state index contributed by atoms with van der Waals surface area (Å²) in [6.07, 6.45) is 7.25. The van der Waals surface area contributed by atoms with Gasteiger partial charge in [0.25, 0.3) is 0 Å². The predicted octanol–water partition coefficient (Wildman–Crippen LogP) is 2.07. The number of urea groups is 1. The van der Waals surface area contributed by atoms with E-state index < -0.39 is 5.54 Å². The van der Waals surface area contributed by atoms with Crippen LogP contribution in [-0.4, -0.2) is 22.6 Å². The molecule has 0 spiro atoms. The van der Waals surface area contributed by atoms with Crippen LogP contribution in [-0.2, 0) is 0 Å². The van der Waals surface area contributed by atoms with Gasteiger partial charge in [-0.15, -0.1) is 0 Å². The Balaban J connectivity index is 1.92. The minimum atomic E-state index is -0.463. The fraction of sp³-hybridized carbons (Fsp3) is 0.846. The predicted molar refractivity (Wildman–Crippen MR) is 76.5 cm³/mol. The molecule has 2 saturated carbocycles. The first-order valence-electron chi connectivity index (χ1n) is 6.90. The summed E-state index contributed by atoms with van der Waals surface area (Å²) in [7, 11) is 0. The zero-order valence-electron chi connectivity index (χ0n) is 11.0. The number of rotatable bonds is 3. The van der Waals surface area contributed by atoms with Gasteiger partial charge in [-0.05, 0) is 50.9 Å². The molecular weight excluding hydrogens is 246 g/mol. The maximum atomic E-state index is 12.0. The van der Waals surface area contributed by atoms with Crippen LogP contribution in [0.15, 0.2) is 0 Å². The molecule has 4 N–H and O–H groups in total. The summed E-state index contributed by atoms with van der Waals surface area (Å²) >= 11 is 5.18. The van der Waals surface area contributed by atoms with E-state index in [1.807, 2.05) is 0 Å². The highest BCUT2D eigenvalue weighted by molar-refractivity contribution is 7.80. The average Bonchev–Trinajstić information content (AvgIpc) is 2.27. The van der Waals surface area contributed by atoms with Crippen molar-refractivity contribution in [3.05, 3.63) is 0 Å². The van der Waals surface area contributed by atoms with Crippen LogP contribution >= 0.6 is 12.2 Å². The van der Waals surface area contributed by atoms with Crippen molar-refractivity contribution in [3.63, 3.8) is 0 Å². The van der Waals surface area contributed by atoms with Gasteiger partial charge in [0.15, 0.2) is 0 Å². The number of amides is 2. The highest BCUT2D eigenvalue weighted by atomic mass is 32.1. The van der Waals surface area contributed by atoms with Crippen molar-refractivity contribution >= 4 is 23.2 Å². The highest BCUT2D eigenvalue weighted by Gasteiger charge is 2.38. The molecule has 0 radical (unpaired) electrons. The van der Waals surface area contributed by atoms with E-state index in [-0.39, 0.29) is 6.03 Å². The molecule has 5 heteroatoms. The van der Waals surface area contributed by atoms with Gasteiger partial charge in [0.1, 0.15) is 0 Å². The van der Waals surface area contributed by atoms with E-state index >= 15 is 0 Å². The molecule has 0 aromatic rings. The topological polar surface area (TPSA) is 67.2 Å². The Bertz CT molecular complexity index is 333. The molecule has 2 aliphatic rings. The van der Waals surface area contributed by atoms with Gasteiger partial charge < -0.3 is 16.4 Å². The van der Waals surface area contributed by atoms with Crippen molar-refractivity contribution in [2.45, 2.75) is 63.5 Å². The number of carbonyl (C=O) groups is 1. The third-order valence-corrected chi connectivity index (χ3v) is 4.78. The molecule has 0 aromatic heterocycles. The van der Waals surface area contributed by atoms with Crippen LogP contribution in [0.4, 0.5) is 4.79 Å². The lowest BCUT2D eigenvalue weighted by Gasteiger charge is -2.40. The van der Waals surface area contributed by atoms with Crippen molar-refractivity contribution < 1.29 is 4.79 Å². The van der Waals surface area contributed by atoms with Crippen molar-refractivity contribution in [1.82, 2.24) is 10.6 Å².